The summed E-state index contributed by atoms with van der Waals surface area (Å²) < 4.78 is 10.6. The van der Waals surface area contributed by atoms with E-state index >= 15 is 0 Å². The Morgan fingerprint density at radius 1 is 0.885 bits per heavy atom. The molecule has 0 saturated carbocycles. The molecule has 1 aromatic heterocycles. The molecule has 11 heteroatoms. The lowest BCUT2D eigenvalue weighted by atomic mass is 10.3. The first-order valence-electron chi connectivity index (χ1n) is 8.69. The van der Waals surface area contributed by atoms with E-state index in [2.05, 4.69) is 30.9 Å². The van der Waals surface area contributed by atoms with Crippen LogP contribution in [0.2, 0.25) is 0 Å². The summed E-state index contributed by atoms with van der Waals surface area (Å²) >= 11 is 0. The minimum atomic E-state index is -0.547. The maximum Gasteiger partial charge on any atom is 0.229 e. The van der Waals surface area contributed by atoms with Gasteiger partial charge in [0.25, 0.3) is 0 Å². The zero-order chi connectivity index (χ0) is 19.2. The van der Waals surface area contributed by atoms with Gasteiger partial charge in [-0.15, -0.1) is 0 Å². The number of aliphatic hydroxyl groups excluding tert-OH is 2. The van der Waals surface area contributed by atoms with Crippen molar-refractivity contribution in [3.8, 4) is 0 Å². The standard InChI is InChI=1S/C15H31N7O4/c1-11(2)18-14-20-13(17-4-6-26-8-7-25-5-3-16)21-15(22-14)19-12(9-23)10-24/h11-12,23-24H,3-10,16H2,1-2H3,(H3,17,18,19,20,21,22). The Bertz CT molecular complexity index is 489. The van der Waals surface area contributed by atoms with Gasteiger partial charge in [-0.05, 0) is 13.8 Å². The number of nitrogens with one attached hydrogen (secondary N) is 3. The van der Waals surface area contributed by atoms with Crippen LogP contribution in [0.25, 0.3) is 0 Å². The Morgan fingerprint density at radius 3 is 2.04 bits per heavy atom. The first-order chi connectivity index (χ1) is 12.6. The van der Waals surface area contributed by atoms with E-state index in [1.54, 1.807) is 0 Å². The summed E-state index contributed by atoms with van der Waals surface area (Å²) in [5, 5.41) is 27.4. The fourth-order valence-electron chi connectivity index (χ4n) is 1.81. The number of aromatic nitrogens is 3. The highest BCUT2D eigenvalue weighted by Gasteiger charge is 2.11. The molecule has 11 nitrogen and oxygen atoms in total. The van der Waals surface area contributed by atoms with Crippen molar-refractivity contribution in [2.45, 2.75) is 25.9 Å². The minimum absolute atomic E-state index is 0.140. The summed E-state index contributed by atoms with van der Waals surface area (Å²) in [6, 6.07) is -0.407. The van der Waals surface area contributed by atoms with Gasteiger partial charge >= 0.3 is 0 Å². The van der Waals surface area contributed by atoms with Crippen LogP contribution in [0.15, 0.2) is 0 Å². The van der Waals surface area contributed by atoms with Gasteiger partial charge in [0.05, 0.1) is 45.7 Å². The van der Waals surface area contributed by atoms with Crippen LogP contribution in [0.4, 0.5) is 17.8 Å². The van der Waals surface area contributed by atoms with Crippen molar-refractivity contribution in [3.63, 3.8) is 0 Å². The summed E-state index contributed by atoms with van der Waals surface area (Å²) in [5.41, 5.74) is 5.32. The Morgan fingerprint density at radius 2 is 1.46 bits per heavy atom. The van der Waals surface area contributed by atoms with Gasteiger partial charge in [-0.3, -0.25) is 0 Å². The molecule has 0 spiro atoms. The first kappa shape index (κ1) is 22.3. The van der Waals surface area contributed by atoms with Gasteiger partial charge in [-0.25, -0.2) is 0 Å². The average Bonchev–Trinajstić information content (AvgIpc) is 2.61. The zero-order valence-electron chi connectivity index (χ0n) is 15.4. The number of ether oxygens (including phenoxy) is 2. The molecule has 0 aliphatic heterocycles. The summed E-state index contributed by atoms with van der Waals surface area (Å²) in [6.45, 7) is 6.44. The molecule has 1 aromatic rings. The third-order valence-corrected chi connectivity index (χ3v) is 2.99. The molecule has 0 bridgehead atoms. The lowest BCUT2D eigenvalue weighted by Gasteiger charge is -2.16. The smallest absolute Gasteiger partial charge is 0.229 e. The first-order valence-corrected chi connectivity index (χ1v) is 8.69. The highest BCUT2D eigenvalue weighted by molar-refractivity contribution is 5.43. The predicted octanol–water partition coefficient (Wildman–Crippen LogP) is -1.14. The van der Waals surface area contributed by atoms with Gasteiger partial charge in [0, 0.05) is 19.1 Å². The van der Waals surface area contributed by atoms with Gasteiger partial charge in [-0.1, -0.05) is 0 Å². The van der Waals surface area contributed by atoms with E-state index in [1.807, 2.05) is 13.8 Å². The monoisotopic (exact) mass is 373 g/mol. The van der Waals surface area contributed by atoms with Gasteiger partial charge < -0.3 is 41.4 Å². The van der Waals surface area contributed by atoms with Crippen molar-refractivity contribution in [1.29, 1.82) is 0 Å². The number of nitrogens with two attached hydrogens (primary N) is 1. The van der Waals surface area contributed by atoms with Crippen LogP contribution in [-0.2, 0) is 9.47 Å². The number of aliphatic hydroxyl groups is 2. The molecular formula is C15H31N7O4. The maximum atomic E-state index is 9.19. The number of hydrogen-bond donors (Lipinski definition) is 6. The van der Waals surface area contributed by atoms with Crippen LogP contribution < -0.4 is 21.7 Å². The van der Waals surface area contributed by atoms with E-state index in [9.17, 15) is 10.2 Å². The van der Waals surface area contributed by atoms with Gasteiger partial charge in [-0.2, -0.15) is 15.0 Å². The van der Waals surface area contributed by atoms with Crippen LogP contribution >= 0.6 is 0 Å². The molecule has 0 aromatic carbocycles. The topological polar surface area (TPSA) is 160 Å². The molecule has 0 amide bonds. The fraction of sp³-hybridized carbons (Fsp3) is 0.800. The number of nitrogens with zero attached hydrogens (tertiary/aromatic N) is 3. The predicted molar refractivity (Wildman–Crippen MR) is 99.4 cm³/mol. The Kier molecular flexibility index (Phi) is 11.5. The van der Waals surface area contributed by atoms with E-state index < -0.39 is 6.04 Å². The summed E-state index contributed by atoms with van der Waals surface area (Å²) in [7, 11) is 0. The lowest BCUT2D eigenvalue weighted by Crippen LogP contribution is -2.29. The molecule has 26 heavy (non-hydrogen) atoms. The van der Waals surface area contributed by atoms with E-state index in [-0.39, 0.29) is 25.2 Å². The van der Waals surface area contributed by atoms with E-state index in [4.69, 9.17) is 15.2 Å². The second-order valence-corrected chi connectivity index (χ2v) is 5.75. The molecule has 1 heterocycles. The minimum Gasteiger partial charge on any atom is -0.394 e. The van der Waals surface area contributed by atoms with Crippen molar-refractivity contribution >= 4 is 17.8 Å². The van der Waals surface area contributed by atoms with E-state index in [0.29, 0.717) is 51.4 Å². The maximum absolute atomic E-state index is 9.19. The lowest BCUT2D eigenvalue weighted by molar-refractivity contribution is 0.0547. The van der Waals surface area contributed by atoms with Crippen molar-refractivity contribution < 1.29 is 19.7 Å². The average molecular weight is 373 g/mol. The molecule has 0 aliphatic carbocycles. The van der Waals surface area contributed by atoms with Crippen molar-refractivity contribution in [1.82, 2.24) is 15.0 Å². The van der Waals surface area contributed by atoms with E-state index in [0.717, 1.165) is 0 Å². The van der Waals surface area contributed by atoms with Crippen LogP contribution in [0, 0.1) is 0 Å². The molecular weight excluding hydrogens is 342 g/mol. The second-order valence-electron chi connectivity index (χ2n) is 5.75. The van der Waals surface area contributed by atoms with Crippen LogP contribution in [0.5, 0.6) is 0 Å². The van der Waals surface area contributed by atoms with Crippen molar-refractivity contribution in [2.75, 3.05) is 68.7 Å². The van der Waals surface area contributed by atoms with Gasteiger partial charge in [0.2, 0.25) is 17.8 Å². The Balaban J connectivity index is 2.53. The third kappa shape index (κ3) is 9.63. The summed E-state index contributed by atoms with van der Waals surface area (Å²) in [5.74, 6) is 1.02. The molecule has 150 valence electrons. The molecule has 7 N–H and O–H groups in total. The normalized spacial score (nSPS) is 11.2. The van der Waals surface area contributed by atoms with Gasteiger partial charge in [0.1, 0.15) is 0 Å². The largest absolute Gasteiger partial charge is 0.394 e. The quantitative estimate of drug-likeness (QED) is 0.206. The van der Waals surface area contributed by atoms with Crippen molar-refractivity contribution in [3.05, 3.63) is 0 Å². The Labute approximate surface area is 153 Å². The molecule has 0 aliphatic rings. The number of hydrogen-bond acceptors (Lipinski definition) is 11. The SMILES string of the molecule is CC(C)Nc1nc(NCCOCCOCCN)nc(NC(CO)CO)n1. The molecule has 0 radical (unpaired) electrons. The molecule has 0 saturated heterocycles. The Hall–Kier alpha value is -1.79. The highest BCUT2D eigenvalue weighted by Crippen LogP contribution is 2.11. The summed E-state index contributed by atoms with van der Waals surface area (Å²) in [4.78, 5) is 12.8. The fourth-order valence-corrected chi connectivity index (χ4v) is 1.81. The number of anilines is 3. The highest BCUT2D eigenvalue weighted by atomic mass is 16.5. The van der Waals surface area contributed by atoms with Gasteiger partial charge in [0.15, 0.2) is 0 Å². The summed E-state index contributed by atoms with van der Waals surface area (Å²) in [6.07, 6.45) is 0. The molecule has 0 unspecified atom stereocenters. The van der Waals surface area contributed by atoms with Crippen LogP contribution in [0.1, 0.15) is 13.8 Å². The molecule has 0 atom stereocenters. The molecule has 1 rings (SSSR count). The van der Waals surface area contributed by atoms with Crippen LogP contribution in [0.3, 0.4) is 0 Å². The third-order valence-electron chi connectivity index (χ3n) is 2.99. The number of rotatable bonds is 15. The zero-order valence-corrected chi connectivity index (χ0v) is 15.4. The van der Waals surface area contributed by atoms with E-state index in [1.165, 1.54) is 0 Å². The second kappa shape index (κ2) is 13.4. The van der Waals surface area contributed by atoms with Crippen LogP contribution in [-0.4, -0.2) is 90.0 Å². The van der Waals surface area contributed by atoms with Crippen molar-refractivity contribution in [2.24, 2.45) is 5.73 Å². The molecule has 0 fully saturated rings.